The molecule has 0 radical (unpaired) electrons. The molecule has 1 aliphatic heterocycles. The molecule has 1 aromatic heterocycles. The Morgan fingerprint density at radius 2 is 2.11 bits per heavy atom. The summed E-state index contributed by atoms with van der Waals surface area (Å²) < 4.78 is 4.97. The van der Waals surface area contributed by atoms with E-state index in [4.69, 9.17) is 4.74 Å². The summed E-state index contributed by atoms with van der Waals surface area (Å²) in [7, 11) is 5.90. The highest BCUT2D eigenvalue weighted by Gasteiger charge is 2.21. The van der Waals surface area contributed by atoms with E-state index in [-0.39, 0.29) is 0 Å². The molecule has 1 atom stereocenters. The number of likely N-dealkylation sites (tertiary alicyclic amines) is 1. The summed E-state index contributed by atoms with van der Waals surface area (Å²) in [6.45, 7) is 3.21. The molecule has 2 heterocycles. The maximum Gasteiger partial charge on any atom is 0.316 e. The summed E-state index contributed by atoms with van der Waals surface area (Å²) in [5, 5.41) is 0. The molecule has 0 bridgehead atoms. The fraction of sp³-hybridized carbons (Fsp3) is 0.692. The Balaban J connectivity index is 1.91. The van der Waals surface area contributed by atoms with Gasteiger partial charge in [-0.1, -0.05) is 0 Å². The maximum absolute atomic E-state index is 4.97. The van der Waals surface area contributed by atoms with Gasteiger partial charge in [0.2, 0.25) is 0 Å². The molecule has 18 heavy (non-hydrogen) atoms. The average molecular weight is 250 g/mol. The summed E-state index contributed by atoms with van der Waals surface area (Å²) in [5.74, 6) is 0. The maximum atomic E-state index is 4.97. The van der Waals surface area contributed by atoms with E-state index < -0.39 is 0 Å². The van der Waals surface area contributed by atoms with Crippen LogP contribution in [-0.2, 0) is 6.54 Å². The second-order valence-electron chi connectivity index (χ2n) is 5.07. The van der Waals surface area contributed by atoms with Gasteiger partial charge in [-0.15, -0.1) is 0 Å². The lowest BCUT2D eigenvalue weighted by molar-refractivity contribution is 0.127. The van der Waals surface area contributed by atoms with E-state index in [1.165, 1.54) is 12.8 Å². The van der Waals surface area contributed by atoms with Gasteiger partial charge in [0.15, 0.2) is 0 Å². The van der Waals surface area contributed by atoms with E-state index >= 15 is 0 Å². The molecule has 1 fully saturated rings. The normalized spacial score (nSPS) is 21.2. The van der Waals surface area contributed by atoms with Crippen LogP contribution in [0.25, 0.3) is 0 Å². The first-order chi connectivity index (χ1) is 8.69. The van der Waals surface area contributed by atoms with Crippen LogP contribution in [0.2, 0.25) is 0 Å². The fourth-order valence-corrected chi connectivity index (χ4v) is 2.38. The minimum atomic E-state index is 0.434. The van der Waals surface area contributed by atoms with Gasteiger partial charge < -0.3 is 9.64 Å². The number of likely N-dealkylation sites (N-methyl/N-ethyl adjacent to an activating group) is 1. The van der Waals surface area contributed by atoms with Gasteiger partial charge in [-0.25, -0.2) is 9.97 Å². The fourth-order valence-electron chi connectivity index (χ4n) is 2.38. The molecule has 0 aromatic carbocycles. The zero-order valence-electron chi connectivity index (χ0n) is 11.5. The van der Waals surface area contributed by atoms with Gasteiger partial charge in [-0.2, -0.15) is 0 Å². The summed E-state index contributed by atoms with van der Waals surface area (Å²) in [6, 6.07) is 1.10. The molecule has 0 amide bonds. The van der Waals surface area contributed by atoms with Gasteiger partial charge in [0.05, 0.1) is 7.11 Å². The third-order valence-electron chi connectivity index (χ3n) is 3.48. The predicted octanol–water partition coefficient (Wildman–Crippen LogP) is 1.01. The lowest BCUT2D eigenvalue weighted by Gasteiger charge is -2.36. The van der Waals surface area contributed by atoms with E-state index in [1.807, 2.05) is 12.4 Å². The van der Waals surface area contributed by atoms with E-state index in [9.17, 15) is 0 Å². The van der Waals surface area contributed by atoms with Crippen molar-refractivity contribution in [3.63, 3.8) is 0 Å². The van der Waals surface area contributed by atoms with Crippen molar-refractivity contribution in [1.29, 1.82) is 0 Å². The highest BCUT2D eigenvalue weighted by Crippen LogP contribution is 2.16. The molecule has 100 valence electrons. The number of methoxy groups -OCH3 is 1. The lowest BCUT2D eigenvalue weighted by Crippen LogP contribution is -2.44. The largest absolute Gasteiger partial charge is 0.467 e. The first-order valence-electron chi connectivity index (χ1n) is 6.42. The second-order valence-corrected chi connectivity index (χ2v) is 5.07. The third kappa shape index (κ3) is 3.40. The monoisotopic (exact) mass is 250 g/mol. The minimum Gasteiger partial charge on any atom is -0.467 e. The Hall–Kier alpha value is -1.20. The minimum absolute atomic E-state index is 0.434. The van der Waals surface area contributed by atoms with Crippen LogP contribution in [-0.4, -0.2) is 60.1 Å². The molecule has 0 spiro atoms. The van der Waals surface area contributed by atoms with Crippen molar-refractivity contribution in [3.8, 4) is 6.01 Å². The summed E-state index contributed by atoms with van der Waals surface area (Å²) in [4.78, 5) is 13.1. The van der Waals surface area contributed by atoms with Gasteiger partial charge in [0.25, 0.3) is 0 Å². The Bertz CT molecular complexity index is 366. The summed E-state index contributed by atoms with van der Waals surface area (Å²) >= 11 is 0. The highest BCUT2D eigenvalue weighted by molar-refractivity contribution is 5.07. The quantitative estimate of drug-likeness (QED) is 0.798. The van der Waals surface area contributed by atoms with Crippen molar-refractivity contribution in [3.05, 3.63) is 18.0 Å². The van der Waals surface area contributed by atoms with E-state index in [2.05, 4.69) is 33.9 Å². The second kappa shape index (κ2) is 6.11. The number of rotatable bonds is 4. The molecule has 0 N–H and O–H groups in total. The molecule has 1 aliphatic rings. The van der Waals surface area contributed by atoms with Gasteiger partial charge in [0.1, 0.15) is 0 Å². The number of hydrogen-bond acceptors (Lipinski definition) is 5. The molecule has 2 rings (SSSR count). The molecular weight excluding hydrogens is 228 g/mol. The Kier molecular flexibility index (Phi) is 4.49. The van der Waals surface area contributed by atoms with Crippen LogP contribution in [0.3, 0.4) is 0 Å². The molecule has 1 unspecified atom stereocenters. The first-order valence-corrected chi connectivity index (χ1v) is 6.42. The molecule has 1 aromatic rings. The van der Waals surface area contributed by atoms with Crippen LogP contribution in [0.4, 0.5) is 0 Å². The molecular formula is C13H22N4O. The highest BCUT2D eigenvalue weighted by atomic mass is 16.5. The van der Waals surface area contributed by atoms with Gasteiger partial charge >= 0.3 is 6.01 Å². The van der Waals surface area contributed by atoms with Crippen LogP contribution in [0.5, 0.6) is 6.01 Å². The van der Waals surface area contributed by atoms with Crippen LogP contribution in [0.15, 0.2) is 12.4 Å². The van der Waals surface area contributed by atoms with Gasteiger partial charge in [-0.05, 0) is 33.5 Å². The Morgan fingerprint density at radius 1 is 1.39 bits per heavy atom. The number of aromatic nitrogens is 2. The SMILES string of the molecule is COc1ncc(CN2CCCC(N(C)C)C2)cn1. The van der Waals surface area contributed by atoms with Crippen molar-refractivity contribution in [1.82, 2.24) is 19.8 Å². The van der Waals surface area contributed by atoms with E-state index in [0.717, 1.165) is 25.2 Å². The molecule has 0 aliphatic carbocycles. The number of hydrogen-bond donors (Lipinski definition) is 0. The zero-order chi connectivity index (χ0) is 13.0. The predicted molar refractivity (Wildman–Crippen MR) is 70.6 cm³/mol. The molecule has 1 saturated heterocycles. The van der Waals surface area contributed by atoms with E-state index in [1.54, 1.807) is 7.11 Å². The standard InChI is InChI=1S/C13H22N4O/c1-16(2)12-5-4-6-17(10-12)9-11-7-14-13(18-3)15-8-11/h7-8,12H,4-6,9-10H2,1-3H3. The van der Waals surface area contributed by atoms with Crippen molar-refractivity contribution in [2.75, 3.05) is 34.3 Å². The van der Waals surface area contributed by atoms with Crippen molar-refractivity contribution < 1.29 is 4.74 Å². The number of ether oxygens (including phenoxy) is 1. The Labute approximate surface area is 109 Å². The molecule has 5 heteroatoms. The van der Waals surface area contributed by atoms with Crippen molar-refractivity contribution >= 4 is 0 Å². The van der Waals surface area contributed by atoms with Crippen LogP contribution < -0.4 is 4.74 Å². The van der Waals surface area contributed by atoms with Crippen LogP contribution >= 0.6 is 0 Å². The first kappa shape index (κ1) is 13.2. The smallest absolute Gasteiger partial charge is 0.316 e. The topological polar surface area (TPSA) is 41.5 Å². The lowest BCUT2D eigenvalue weighted by atomic mass is 10.0. The Morgan fingerprint density at radius 3 is 2.72 bits per heavy atom. The zero-order valence-corrected chi connectivity index (χ0v) is 11.5. The van der Waals surface area contributed by atoms with Gasteiger partial charge in [0, 0.05) is 37.1 Å². The number of nitrogens with zero attached hydrogens (tertiary/aromatic N) is 4. The molecule has 0 saturated carbocycles. The summed E-state index contributed by atoms with van der Waals surface area (Å²) in [6.07, 6.45) is 6.26. The van der Waals surface area contributed by atoms with Crippen LogP contribution in [0, 0.1) is 0 Å². The summed E-state index contributed by atoms with van der Waals surface area (Å²) in [5.41, 5.74) is 1.15. The van der Waals surface area contributed by atoms with Crippen LogP contribution in [0.1, 0.15) is 18.4 Å². The number of piperidine rings is 1. The van der Waals surface area contributed by atoms with Crippen molar-refractivity contribution in [2.24, 2.45) is 0 Å². The molecule has 5 nitrogen and oxygen atoms in total. The van der Waals surface area contributed by atoms with E-state index in [0.29, 0.717) is 12.1 Å². The average Bonchev–Trinajstić information content (AvgIpc) is 2.40. The van der Waals surface area contributed by atoms with Gasteiger partial charge in [-0.3, -0.25) is 4.90 Å². The van der Waals surface area contributed by atoms with Crippen molar-refractivity contribution in [2.45, 2.75) is 25.4 Å². The third-order valence-corrected chi connectivity index (χ3v) is 3.48.